The molecule has 6 nitrogen and oxygen atoms in total. The van der Waals surface area contributed by atoms with Gasteiger partial charge in [-0.25, -0.2) is 0 Å². The molecule has 2 aromatic heterocycles. The van der Waals surface area contributed by atoms with Crippen molar-refractivity contribution in [3.63, 3.8) is 0 Å². The van der Waals surface area contributed by atoms with E-state index in [1.54, 1.807) is 12.4 Å². The van der Waals surface area contributed by atoms with Gasteiger partial charge in [-0.2, -0.15) is 10.2 Å². The monoisotopic (exact) mass is 245 g/mol. The number of amides is 1. The maximum absolute atomic E-state index is 12.1. The number of hydrogen-bond donors (Lipinski definition) is 3. The van der Waals surface area contributed by atoms with Crippen molar-refractivity contribution in [3.05, 3.63) is 29.3 Å². The molecular formula is C12H15N5O. The van der Waals surface area contributed by atoms with Gasteiger partial charge in [0, 0.05) is 17.5 Å². The van der Waals surface area contributed by atoms with Crippen LogP contribution < -0.4 is 5.32 Å². The fourth-order valence-corrected chi connectivity index (χ4v) is 2.38. The number of hydrogen-bond acceptors (Lipinski definition) is 3. The van der Waals surface area contributed by atoms with Crippen LogP contribution in [0.1, 0.15) is 35.1 Å². The zero-order valence-electron chi connectivity index (χ0n) is 10.2. The lowest BCUT2D eigenvalue weighted by Crippen LogP contribution is -2.17. The van der Waals surface area contributed by atoms with Crippen molar-refractivity contribution in [3.8, 4) is 0 Å². The van der Waals surface area contributed by atoms with Gasteiger partial charge in [-0.1, -0.05) is 6.92 Å². The molecule has 6 heteroatoms. The third-order valence-corrected chi connectivity index (χ3v) is 3.36. The van der Waals surface area contributed by atoms with Crippen LogP contribution in [0.15, 0.2) is 12.4 Å². The van der Waals surface area contributed by atoms with Gasteiger partial charge in [0.15, 0.2) is 5.69 Å². The van der Waals surface area contributed by atoms with Crippen LogP contribution in [0.4, 0.5) is 5.69 Å². The Hall–Kier alpha value is -2.11. The second-order valence-electron chi connectivity index (χ2n) is 4.82. The minimum atomic E-state index is -0.177. The summed E-state index contributed by atoms with van der Waals surface area (Å²) in [6.07, 6.45) is 6.21. The molecule has 0 spiro atoms. The SMILES string of the molecule is CC1CCc2c(C(=O)Nc3cn[nH]c3)n[nH]c2C1. The minimum absolute atomic E-state index is 0.177. The van der Waals surface area contributed by atoms with Gasteiger partial charge in [0.25, 0.3) is 5.91 Å². The van der Waals surface area contributed by atoms with Crippen LogP contribution in [0.25, 0.3) is 0 Å². The van der Waals surface area contributed by atoms with Crippen LogP contribution in [-0.4, -0.2) is 26.3 Å². The van der Waals surface area contributed by atoms with Crippen LogP contribution >= 0.6 is 0 Å². The molecule has 18 heavy (non-hydrogen) atoms. The van der Waals surface area contributed by atoms with E-state index in [0.717, 1.165) is 30.5 Å². The molecule has 2 aromatic rings. The molecule has 3 rings (SSSR count). The summed E-state index contributed by atoms with van der Waals surface area (Å²) in [7, 11) is 0. The number of carbonyl (C=O) groups is 1. The molecule has 0 bridgehead atoms. The normalized spacial score (nSPS) is 18.4. The molecule has 0 aliphatic heterocycles. The maximum atomic E-state index is 12.1. The first-order valence-corrected chi connectivity index (χ1v) is 6.10. The smallest absolute Gasteiger partial charge is 0.276 e. The summed E-state index contributed by atoms with van der Waals surface area (Å²) in [5, 5.41) is 16.3. The average molecular weight is 245 g/mol. The zero-order valence-corrected chi connectivity index (χ0v) is 10.2. The number of aromatic amines is 2. The van der Waals surface area contributed by atoms with Gasteiger partial charge < -0.3 is 5.32 Å². The highest BCUT2D eigenvalue weighted by Crippen LogP contribution is 2.26. The van der Waals surface area contributed by atoms with E-state index in [1.165, 1.54) is 0 Å². The summed E-state index contributed by atoms with van der Waals surface area (Å²) in [4.78, 5) is 12.1. The van der Waals surface area contributed by atoms with Crippen molar-refractivity contribution in [1.29, 1.82) is 0 Å². The Morgan fingerprint density at radius 1 is 1.56 bits per heavy atom. The second-order valence-corrected chi connectivity index (χ2v) is 4.82. The third kappa shape index (κ3) is 1.90. The number of carbonyl (C=O) groups excluding carboxylic acids is 1. The van der Waals surface area contributed by atoms with Gasteiger partial charge in [-0.15, -0.1) is 0 Å². The van der Waals surface area contributed by atoms with E-state index < -0.39 is 0 Å². The zero-order chi connectivity index (χ0) is 12.5. The quantitative estimate of drug-likeness (QED) is 0.749. The van der Waals surface area contributed by atoms with E-state index in [0.29, 0.717) is 17.3 Å². The lowest BCUT2D eigenvalue weighted by molar-refractivity contribution is 0.102. The topological polar surface area (TPSA) is 86.5 Å². The highest BCUT2D eigenvalue weighted by Gasteiger charge is 2.24. The molecule has 1 aliphatic rings. The molecule has 2 heterocycles. The van der Waals surface area contributed by atoms with Crippen LogP contribution in [0.5, 0.6) is 0 Å². The van der Waals surface area contributed by atoms with E-state index in [9.17, 15) is 4.79 Å². The Balaban J connectivity index is 1.82. The van der Waals surface area contributed by atoms with E-state index in [4.69, 9.17) is 0 Å². The lowest BCUT2D eigenvalue weighted by Gasteiger charge is -2.17. The summed E-state index contributed by atoms with van der Waals surface area (Å²) in [5.41, 5.74) is 3.33. The maximum Gasteiger partial charge on any atom is 0.276 e. The number of rotatable bonds is 2. The van der Waals surface area contributed by atoms with Crippen molar-refractivity contribution >= 4 is 11.6 Å². The average Bonchev–Trinajstić information content (AvgIpc) is 2.97. The van der Waals surface area contributed by atoms with Gasteiger partial charge >= 0.3 is 0 Å². The first-order chi connectivity index (χ1) is 8.74. The van der Waals surface area contributed by atoms with Crippen LogP contribution in [0.3, 0.4) is 0 Å². The molecule has 0 saturated carbocycles. The molecule has 3 N–H and O–H groups in total. The van der Waals surface area contributed by atoms with Crippen molar-refractivity contribution in [2.45, 2.75) is 26.2 Å². The van der Waals surface area contributed by atoms with E-state index in [2.05, 4.69) is 32.6 Å². The van der Waals surface area contributed by atoms with Gasteiger partial charge in [-0.05, 0) is 25.2 Å². The Labute approximate surface area is 104 Å². The van der Waals surface area contributed by atoms with Gasteiger partial charge in [0.1, 0.15) is 0 Å². The molecular weight excluding hydrogens is 230 g/mol. The van der Waals surface area contributed by atoms with Crippen molar-refractivity contribution in [2.75, 3.05) is 5.32 Å². The van der Waals surface area contributed by atoms with Crippen LogP contribution in [0, 0.1) is 5.92 Å². The van der Waals surface area contributed by atoms with Crippen LogP contribution in [0.2, 0.25) is 0 Å². The number of nitrogens with one attached hydrogen (secondary N) is 3. The number of nitrogens with zero attached hydrogens (tertiary/aromatic N) is 2. The summed E-state index contributed by atoms with van der Waals surface area (Å²) < 4.78 is 0. The first kappa shape index (κ1) is 11.0. The third-order valence-electron chi connectivity index (χ3n) is 3.36. The Morgan fingerprint density at radius 2 is 2.44 bits per heavy atom. The fourth-order valence-electron chi connectivity index (χ4n) is 2.38. The second kappa shape index (κ2) is 4.29. The van der Waals surface area contributed by atoms with Crippen molar-refractivity contribution in [1.82, 2.24) is 20.4 Å². The highest BCUT2D eigenvalue weighted by molar-refractivity contribution is 6.03. The van der Waals surface area contributed by atoms with Gasteiger partial charge in [0.05, 0.1) is 11.9 Å². The summed E-state index contributed by atoms with van der Waals surface area (Å²) in [6.45, 7) is 2.22. The molecule has 1 atom stereocenters. The number of anilines is 1. The van der Waals surface area contributed by atoms with Crippen LogP contribution in [-0.2, 0) is 12.8 Å². The number of aromatic nitrogens is 4. The predicted molar refractivity (Wildman–Crippen MR) is 66.3 cm³/mol. The van der Waals surface area contributed by atoms with Crippen molar-refractivity contribution in [2.24, 2.45) is 5.92 Å². The molecule has 1 aliphatic carbocycles. The van der Waals surface area contributed by atoms with Crippen molar-refractivity contribution < 1.29 is 4.79 Å². The first-order valence-electron chi connectivity index (χ1n) is 6.10. The molecule has 0 fully saturated rings. The molecule has 0 aromatic carbocycles. The summed E-state index contributed by atoms with van der Waals surface area (Å²) >= 11 is 0. The number of fused-ring (bicyclic) bond motifs is 1. The Kier molecular flexibility index (Phi) is 2.62. The fraction of sp³-hybridized carbons (Fsp3) is 0.417. The summed E-state index contributed by atoms with van der Waals surface area (Å²) in [6, 6.07) is 0. The highest BCUT2D eigenvalue weighted by atomic mass is 16.2. The van der Waals surface area contributed by atoms with E-state index >= 15 is 0 Å². The Morgan fingerprint density at radius 3 is 3.22 bits per heavy atom. The molecule has 1 amide bonds. The predicted octanol–water partition coefficient (Wildman–Crippen LogP) is 1.51. The van der Waals surface area contributed by atoms with Gasteiger partial charge in [-0.3, -0.25) is 15.0 Å². The standard InChI is InChI=1S/C12H15N5O/c1-7-2-3-9-10(4-7)16-17-11(9)12(18)15-8-5-13-14-6-8/h5-7H,2-4H2,1H3,(H,13,14)(H,15,18)(H,16,17). The summed E-state index contributed by atoms with van der Waals surface area (Å²) in [5.74, 6) is 0.478. The molecule has 94 valence electrons. The number of H-pyrrole nitrogens is 2. The van der Waals surface area contributed by atoms with E-state index in [-0.39, 0.29) is 5.91 Å². The Bertz CT molecular complexity index is 557. The van der Waals surface area contributed by atoms with Gasteiger partial charge in [0.2, 0.25) is 0 Å². The largest absolute Gasteiger partial charge is 0.318 e. The van der Waals surface area contributed by atoms with E-state index in [1.807, 2.05) is 0 Å². The molecule has 1 unspecified atom stereocenters. The molecule has 0 radical (unpaired) electrons. The lowest BCUT2D eigenvalue weighted by atomic mass is 9.88. The minimum Gasteiger partial charge on any atom is -0.318 e. The molecule has 0 saturated heterocycles.